The van der Waals surface area contributed by atoms with Crippen molar-refractivity contribution < 1.29 is 9.47 Å². The van der Waals surface area contributed by atoms with Crippen LogP contribution in [0.4, 0.5) is 0 Å². The third kappa shape index (κ3) is 3.41. The molecule has 0 amide bonds. The van der Waals surface area contributed by atoms with Crippen LogP contribution in [-0.4, -0.2) is 30.3 Å². The van der Waals surface area contributed by atoms with Crippen molar-refractivity contribution in [3.63, 3.8) is 0 Å². The van der Waals surface area contributed by atoms with Gasteiger partial charge in [-0.2, -0.15) is 0 Å². The van der Waals surface area contributed by atoms with E-state index in [1.54, 1.807) is 18.3 Å². The van der Waals surface area contributed by atoms with E-state index in [0.717, 1.165) is 44.7 Å². The van der Waals surface area contributed by atoms with E-state index in [0.29, 0.717) is 16.8 Å². The van der Waals surface area contributed by atoms with Gasteiger partial charge in [0, 0.05) is 18.2 Å². The molecule has 1 aromatic heterocycles. The summed E-state index contributed by atoms with van der Waals surface area (Å²) in [5.74, 6) is 1.78. The van der Waals surface area contributed by atoms with Crippen molar-refractivity contribution in [2.24, 2.45) is 0 Å². The molecule has 2 aliphatic heterocycles. The maximum atomic E-state index is 6.21. The summed E-state index contributed by atoms with van der Waals surface area (Å²) < 4.78 is 12.1. The Bertz CT molecular complexity index is 699. The van der Waals surface area contributed by atoms with Gasteiger partial charge in [0.2, 0.25) is 5.88 Å². The number of rotatable bonds is 3. The molecule has 1 N–H and O–H groups in total. The van der Waals surface area contributed by atoms with Crippen LogP contribution in [-0.2, 0) is 4.74 Å². The predicted molar refractivity (Wildman–Crippen MR) is 93.9 cm³/mol. The molecule has 4 nitrogen and oxygen atoms in total. The molecular formula is C19H21ClN2O2. The van der Waals surface area contributed by atoms with Crippen LogP contribution in [0.3, 0.4) is 0 Å². The minimum Gasteiger partial charge on any atom is -0.439 e. The fourth-order valence-electron chi connectivity index (χ4n) is 3.66. The quantitative estimate of drug-likeness (QED) is 0.908. The van der Waals surface area contributed by atoms with Gasteiger partial charge in [0.15, 0.2) is 0 Å². The summed E-state index contributed by atoms with van der Waals surface area (Å²) in [5, 5.41) is 4.02. The van der Waals surface area contributed by atoms with E-state index >= 15 is 0 Å². The molecule has 2 fully saturated rings. The van der Waals surface area contributed by atoms with Crippen LogP contribution in [0.15, 0.2) is 42.6 Å². The van der Waals surface area contributed by atoms with Crippen molar-refractivity contribution in [2.75, 3.05) is 19.7 Å². The lowest BCUT2D eigenvalue weighted by Crippen LogP contribution is -2.41. The lowest BCUT2D eigenvalue weighted by molar-refractivity contribution is -0.0193. The monoisotopic (exact) mass is 344 g/mol. The van der Waals surface area contributed by atoms with Gasteiger partial charge in [-0.25, -0.2) is 4.98 Å². The lowest BCUT2D eigenvalue weighted by atomic mass is 9.84. The topological polar surface area (TPSA) is 43.4 Å². The highest BCUT2D eigenvalue weighted by Gasteiger charge is 2.41. The molecule has 0 saturated carbocycles. The summed E-state index contributed by atoms with van der Waals surface area (Å²) >= 11 is 5.86. The Morgan fingerprint density at radius 1 is 1.21 bits per heavy atom. The number of piperidine rings is 1. The van der Waals surface area contributed by atoms with Crippen molar-refractivity contribution >= 4 is 11.6 Å². The molecular weight excluding hydrogens is 324 g/mol. The fraction of sp³-hybridized carbons (Fsp3) is 0.421. The molecule has 1 spiro atoms. The first-order valence-corrected chi connectivity index (χ1v) is 8.84. The Kier molecular flexibility index (Phi) is 4.44. The first kappa shape index (κ1) is 15.9. The summed E-state index contributed by atoms with van der Waals surface area (Å²) in [5.41, 5.74) is 1.35. The van der Waals surface area contributed by atoms with E-state index in [2.05, 4.69) is 22.4 Å². The van der Waals surface area contributed by atoms with Crippen molar-refractivity contribution in [3.05, 3.63) is 53.2 Å². The number of halogens is 1. The largest absolute Gasteiger partial charge is 0.439 e. The number of ether oxygens (including phenoxy) is 2. The molecule has 3 heterocycles. The Morgan fingerprint density at radius 3 is 2.88 bits per heavy atom. The normalized spacial score (nSPS) is 22.6. The van der Waals surface area contributed by atoms with Crippen LogP contribution in [0.5, 0.6) is 11.6 Å². The van der Waals surface area contributed by atoms with Crippen molar-refractivity contribution in [2.45, 2.75) is 30.8 Å². The highest BCUT2D eigenvalue weighted by atomic mass is 35.5. The van der Waals surface area contributed by atoms with Crippen LogP contribution >= 0.6 is 11.6 Å². The SMILES string of the molecule is Clc1ccc(Oc2cccc(C3COC4(CCNCC4)C3)c2)nc1. The van der Waals surface area contributed by atoms with Gasteiger partial charge in [-0.05, 0) is 56.1 Å². The molecule has 0 bridgehead atoms. The van der Waals surface area contributed by atoms with Gasteiger partial charge in [0.1, 0.15) is 5.75 Å². The summed E-state index contributed by atoms with van der Waals surface area (Å²) in [7, 11) is 0. The third-order valence-electron chi connectivity index (χ3n) is 4.98. The van der Waals surface area contributed by atoms with E-state index in [1.807, 2.05) is 12.1 Å². The molecule has 4 rings (SSSR count). The fourth-order valence-corrected chi connectivity index (χ4v) is 3.78. The highest BCUT2D eigenvalue weighted by Crippen LogP contribution is 2.42. The number of hydrogen-bond acceptors (Lipinski definition) is 4. The van der Waals surface area contributed by atoms with E-state index < -0.39 is 0 Å². The molecule has 2 aromatic rings. The van der Waals surface area contributed by atoms with Crippen LogP contribution in [0, 0.1) is 0 Å². The lowest BCUT2D eigenvalue weighted by Gasteiger charge is -2.33. The maximum Gasteiger partial charge on any atom is 0.219 e. The smallest absolute Gasteiger partial charge is 0.219 e. The Hall–Kier alpha value is -1.62. The molecule has 24 heavy (non-hydrogen) atoms. The highest BCUT2D eigenvalue weighted by molar-refractivity contribution is 6.30. The maximum absolute atomic E-state index is 6.21. The van der Waals surface area contributed by atoms with Gasteiger partial charge < -0.3 is 14.8 Å². The zero-order chi connectivity index (χ0) is 16.4. The van der Waals surface area contributed by atoms with Crippen molar-refractivity contribution in [1.29, 1.82) is 0 Å². The molecule has 1 aromatic carbocycles. The second-order valence-corrected chi connectivity index (χ2v) is 7.07. The molecule has 126 valence electrons. The van der Waals surface area contributed by atoms with E-state index in [1.165, 1.54) is 5.56 Å². The third-order valence-corrected chi connectivity index (χ3v) is 5.20. The number of hydrogen-bond donors (Lipinski definition) is 1. The van der Waals surface area contributed by atoms with Crippen molar-refractivity contribution in [3.8, 4) is 11.6 Å². The molecule has 1 unspecified atom stereocenters. The Labute approximate surface area is 147 Å². The zero-order valence-corrected chi connectivity index (χ0v) is 14.3. The Morgan fingerprint density at radius 2 is 2.08 bits per heavy atom. The zero-order valence-electron chi connectivity index (χ0n) is 13.5. The number of nitrogens with zero attached hydrogens (tertiary/aromatic N) is 1. The Balaban J connectivity index is 1.47. The first-order valence-electron chi connectivity index (χ1n) is 8.47. The van der Waals surface area contributed by atoms with E-state index in [4.69, 9.17) is 21.1 Å². The summed E-state index contributed by atoms with van der Waals surface area (Å²) in [6.45, 7) is 2.90. The molecule has 5 heteroatoms. The van der Waals surface area contributed by atoms with E-state index in [-0.39, 0.29) is 5.60 Å². The van der Waals surface area contributed by atoms with Gasteiger partial charge in [-0.3, -0.25) is 0 Å². The average Bonchev–Trinajstić information content (AvgIpc) is 3.01. The molecule has 0 radical (unpaired) electrons. The van der Waals surface area contributed by atoms with Gasteiger partial charge in [-0.15, -0.1) is 0 Å². The van der Waals surface area contributed by atoms with E-state index in [9.17, 15) is 0 Å². The van der Waals surface area contributed by atoms with Gasteiger partial charge >= 0.3 is 0 Å². The van der Waals surface area contributed by atoms with Crippen molar-refractivity contribution in [1.82, 2.24) is 10.3 Å². The van der Waals surface area contributed by atoms with Crippen LogP contribution in [0.2, 0.25) is 5.02 Å². The van der Waals surface area contributed by atoms with Crippen LogP contribution in [0.1, 0.15) is 30.7 Å². The van der Waals surface area contributed by atoms with Crippen LogP contribution in [0.25, 0.3) is 0 Å². The second kappa shape index (κ2) is 6.71. The molecule has 1 atom stereocenters. The molecule has 0 aliphatic carbocycles. The molecule has 2 saturated heterocycles. The summed E-state index contributed by atoms with van der Waals surface area (Å²) in [4.78, 5) is 4.18. The summed E-state index contributed by atoms with van der Waals surface area (Å²) in [6.07, 6.45) is 4.90. The predicted octanol–water partition coefficient (Wildman–Crippen LogP) is 4.15. The standard InChI is InChI=1S/C19H21ClN2O2/c20-16-4-5-18(22-12-16)24-17-3-1-2-14(10-17)15-11-19(23-13-15)6-8-21-9-7-19/h1-5,10,12,15,21H,6-9,11,13H2. The molecule has 2 aliphatic rings. The van der Waals surface area contributed by atoms with Gasteiger partial charge in [0.25, 0.3) is 0 Å². The minimum absolute atomic E-state index is 0.0739. The van der Waals surface area contributed by atoms with Gasteiger partial charge in [0.05, 0.1) is 17.2 Å². The second-order valence-electron chi connectivity index (χ2n) is 6.63. The van der Waals surface area contributed by atoms with Crippen LogP contribution < -0.4 is 10.1 Å². The number of aromatic nitrogens is 1. The average molecular weight is 345 g/mol. The number of nitrogens with one attached hydrogen (secondary N) is 1. The van der Waals surface area contributed by atoms with Gasteiger partial charge in [-0.1, -0.05) is 23.7 Å². The summed E-state index contributed by atoms with van der Waals surface area (Å²) in [6, 6.07) is 11.8. The number of pyridine rings is 1. The first-order chi connectivity index (χ1) is 11.7. The minimum atomic E-state index is 0.0739. The number of benzene rings is 1.